The molecule has 0 aliphatic carbocycles. The minimum Gasteiger partial charge on any atom is -0.354 e. The highest BCUT2D eigenvalue weighted by molar-refractivity contribution is 5.83. The Labute approximate surface area is 117 Å². The number of hydrogen-bond acceptors (Lipinski definition) is 2. The summed E-state index contributed by atoms with van der Waals surface area (Å²) >= 11 is 0. The third-order valence-corrected chi connectivity index (χ3v) is 3.55. The van der Waals surface area contributed by atoms with Gasteiger partial charge in [-0.3, -0.25) is 4.79 Å². The van der Waals surface area contributed by atoms with E-state index in [9.17, 15) is 4.79 Å². The molecule has 0 fully saturated rings. The van der Waals surface area contributed by atoms with Crippen LogP contribution in [-0.4, -0.2) is 37.0 Å². The first kappa shape index (κ1) is 15.7. The Morgan fingerprint density at radius 3 is 2.32 bits per heavy atom. The van der Waals surface area contributed by atoms with Gasteiger partial charge in [0.05, 0.1) is 5.92 Å². The van der Waals surface area contributed by atoms with Crippen LogP contribution in [0, 0.1) is 0 Å². The Balaban J connectivity index is 2.47. The number of carbonyl (C=O) groups is 1. The van der Waals surface area contributed by atoms with Gasteiger partial charge in [0.2, 0.25) is 5.91 Å². The van der Waals surface area contributed by atoms with Crippen molar-refractivity contribution in [3.8, 4) is 0 Å². The molecule has 1 N–H and O–H groups in total. The lowest BCUT2D eigenvalue weighted by Gasteiger charge is -2.20. The molecule has 0 spiro atoms. The summed E-state index contributed by atoms with van der Waals surface area (Å²) in [7, 11) is 0. The summed E-state index contributed by atoms with van der Waals surface area (Å²) in [5, 5.41) is 3.05. The van der Waals surface area contributed by atoms with Crippen molar-refractivity contribution in [2.24, 2.45) is 0 Å². The predicted molar refractivity (Wildman–Crippen MR) is 80.3 cm³/mol. The molecule has 0 radical (unpaired) electrons. The van der Waals surface area contributed by atoms with E-state index < -0.39 is 0 Å². The molecule has 3 heteroatoms. The van der Waals surface area contributed by atoms with Gasteiger partial charge in [-0.1, -0.05) is 51.1 Å². The zero-order valence-corrected chi connectivity index (χ0v) is 12.4. The summed E-state index contributed by atoms with van der Waals surface area (Å²) in [5.41, 5.74) is 1.10. The number of rotatable bonds is 8. The van der Waals surface area contributed by atoms with Gasteiger partial charge in [-0.15, -0.1) is 0 Å². The van der Waals surface area contributed by atoms with Crippen molar-refractivity contribution in [2.45, 2.75) is 33.1 Å². The minimum atomic E-state index is -0.0297. The van der Waals surface area contributed by atoms with E-state index in [0.29, 0.717) is 0 Å². The maximum absolute atomic E-state index is 12.2. The van der Waals surface area contributed by atoms with E-state index in [2.05, 4.69) is 31.0 Å². The first-order chi connectivity index (χ1) is 9.22. The minimum absolute atomic E-state index is 0.0297. The van der Waals surface area contributed by atoms with E-state index >= 15 is 0 Å². The molecular formula is C16H26N2O. The summed E-state index contributed by atoms with van der Waals surface area (Å²) in [5.74, 6) is 0.110. The molecule has 19 heavy (non-hydrogen) atoms. The topological polar surface area (TPSA) is 32.3 Å². The van der Waals surface area contributed by atoms with Crippen molar-refractivity contribution in [3.05, 3.63) is 35.9 Å². The summed E-state index contributed by atoms with van der Waals surface area (Å²) in [6.07, 6.45) is 0.834. The van der Waals surface area contributed by atoms with Crippen LogP contribution in [0.25, 0.3) is 0 Å². The van der Waals surface area contributed by atoms with Gasteiger partial charge in [0.15, 0.2) is 0 Å². The number of hydrogen-bond donors (Lipinski definition) is 1. The van der Waals surface area contributed by atoms with E-state index in [1.165, 1.54) is 0 Å². The Hall–Kier alpha value is -1.35. The average molecular weight is 262 g/mol. The molecular weight excluding hydrogens is 236 g/mol. The molecule has 1 rings (SSSR count). The Morgan fingerprint density at radius 2 is 1.79 bits per heavy atom. The molecule has 1 atom stereocenters. The molecule has 0 heterocycles. The standard InChI is InChI=1S/C16H26N2O/c1-4-15(14-10-8-7-9-11-14)16(19)17-12-13-18(5-2)6-3/h7-11,15H,4-6,12-13H2,1-3H3,(H,17,19). The van der Waals surface area contributed by atoms with Crippen molar-refractivity contribution in [3.63, 3.8) is 0 Å². The fourth-order valence-electron chi connectivity index (χ4n) is 2.26. The van der Waals surface area contributed by atoms with Crippen LogP contribution in [0.4, 0.5) is 0 Å². The lowest BCUT2D eigenvalue weighted by molar-refractivity contribution is -0.122. The highest BCUT2D eigenvalue weighted by atomic mass is 16.1. The number of likely N-dealkylation sites (N-methyl/N-ethyl adjacent to an activating group) is 1. The maximum Gasteiger partial charge on any atom is 0.227 e. The molecule has 0 bridgehead atoms. The molecule has 0 aromatic heterocycles. The van der Waals surface area contributed by atoms with Gasteiger partial charge in [-0.2, -0.15) is 0 Å². The fourth-order valence-corrected chi connectivity index (χ4v) is 2.26. The van der Waals surface area contributed by atoms with Gasteiger partial charge in [0, 0.05) is 13.1 Å². The van der Waals surface area contributed by atoms with Crippen molar-refractivity contribution in [1.82, 2.24) is 10.2 Å². The van der Waals surface area contributed by atoms with Gasteiger partial charge >= 0.3 is 0 Å². The number of nitrogens with zero attached hydrogens (tertiary/aromatic N) is 1. The van der Waals surface area contributed by atoms with Crippen molar-refractivity contribution < 1.29 is 4.79 Å². The van der Waals surface area contributed by atoms with Crippen molar-refractivity contribution in [1.29, 1.82) is 0 Å². The monoisotopic (exact) mass is 262 g/mol. The van der Waals surface area contributed by atoms with Gasteiger partial charge in [0.25, 0.3) is 0 Å². The largest absolute Gasteiger partial charge is 0.354 e. The number of nitrogens with one attached hydrogen (secondary N) is 1. The zero-order chi connectivity index (χ0) is 14.1. The Morgan fingerprint density at radius 1 is 1.16 bits per heavy atom. The SMILES string of the molecule is CCC(C(=O)NCCN(CC)CC)c1ccccc1. The number of carbonyl (C=O) groups excluding carboxylic acids is 1. The normalized spacial score (nSPS) is 12.4. The first-order valence-corrected chi connectivity index (χ1v) is 7.27. The van der Waals surface area contributed by atoms with Crippen LogP contribution in [0.15, 0.2) is 30.3 Å². The average Bonchev–Trinajstić information content (AvgIpc) is 2.45. The maximum atomic E-state index is 12.2. The molecule has 1 amide bonds. The quantitative estimate of drug-likeness (QED) is 0.781. The van der Waals surface area contributed by atoms with Gasteiger partial charge in [0.1, 0.15) is 0 Å². The summed E-state index contributed by atoms with van der Waals surface area (Å²) in [4.78, 5) is 14.5. The molecule has 1 aromatic carbocycles. The molecule has 0 saturated carbocycles. The number of benzene rings is 1. The summed E-state index contributed by atoms with van der Waals surface area (Å²) in [6.45, 7) is 10.0. The Bertz CT molecular complexity index is 360. The second-order valence-electron chi connectivity index (χ2n) is 4.69. The number of amides is 1. The van der Waals surface area contributed by atoms with Gasteiger partial charge in [-0.25, -0.2) is 0 Å². The third-order valence-electron chi connectivity index (χ3n) is 3.55. The summed E-state index contributed by atoms with van der Waals surface area (Å²) < 4.78 is 0. The Kier molecular flexibility index (Phi) is 7.19. The lowest BCUT2D eigenvalue weighted by atomic mass is 9.96. The van der Waals surface area contributed by atoms with E-state index in [0.717, 1.165) is 38.2 Å². The van der Waals surface area contributed by atoms with E-state index in [-0.39, 0.29) is 11.8 Å². The van der Waals surface area contributed by atoms with Crippen LogP contribution in [0.5, 0.6) is 0 Å². The second kappa shape index (κ2) is 8.70. The van der Waals surface area contributed by atoms with Gasteiger partial charge in [-0.05, 0) is 25.1 Å². The van der Waals surface area contributed by atoms with Gasteiger partial charge < -0.3 is 10.2 Å². The summed E-state index contributed by atoms with van der Waals surface area (Å²) in [6, 6.07) is 10.0. The van der Waals surface area contributed by atoms with Crippen LogP contribution < -0.4 is 5.32 Å². The van der Waals surface area contributed by atoms with E-state index in [4.69, 9.17) is 0 Å². The van der Waals surface area contributed by atoms with Crippen molar-refractivity contribution >= 4 is 5.91 Å². The van der Waals surface area contributed by atoms with E-state index in [1.807, 2.05) is 30.3 Å². The van der Waals surface area contributed by atoms with Crippen LogP contribution in [0.3, 0.4) is 0 Å². The predicted octanol–water partition coefficient (Wildman–Crippen LogP) is 2.64. The fraction of sp³-hybridized carbons (Fsp3) is 0.562. The third kappa shape index (κ3) is 5.03. The zero-order valence-electron chi connectivity index (χ0n) is 12.4. The van der Waals surface area contributed by atoms with Crippen LogP contribution in [0.2, 0.25) is 0 Å². The lowest BCUT2D eigenvalue weighted by Crippen LogP contribution is -2.37. The van der Waals surface area contributed by atoms with Crippen LogP contribution >= 0.6 is 0 Å². The highest BCUT2D eigenvalue weighted by Crippen LogP contribution is 2.18. The first-order valence-electron chi connectivity index (χ1n) is 7.27. The molecule has 3 nitrogen and oxygen atoms in total. The molecule has 1 aromatic rings. The molecule has 0 aliphatic heterocycles. The van der Waals surface area contributed by atoms with Crippen LogP contribution in [-0.2, 0) is 4.79 Å². The molecule has 0 saturated heterocycles. The highest BCUT2D eigenvalue weighted by Gasteiger charge is 2.17. The molecule has 1 unspecified atom stereocenters. The molecule has 0 aliphatic rings. The second-order valence-corrected chi connectivity index (χ2v) is 4.69. The molecule has 106 valence electrons. The van der Waals surface area contributed by atoms with Crippen LogP contribution in [0.1, 0.15) is 38.7 Å². The van der Waals surface area contributed by atoms with E-state index in [1.54, 1.807) is 0 Å². The smallest absolute Gasteiger partial charge is 0.227 e. The van der Waals surface area contributed by atoms with Crippen molar-refractivity contribution in [2.75, 3.05) is 26.2 Å².